The van der Waals surface area contributed by atoms with Gasteiger partial charge in [0.15, 0.2) is 0 Å². The molecule has 0 N–H and O–H groups in total. The molecule has 0 unspecified atom stereocenters. The Kier molecular flexibility index (Phi) is 4.02. The minimum atomic E-state index is 0. The molecule has 2 heteroatoms. The van der Waals surface area contributed by atoms with Crippen LogP contribution in [-0.4, -0.2) is 0 Å². The second-order valence-corrected chi connectivity index (χ2v) is 3.35. The fourth-order valence-corrected chi connectivity index (χ4v) is 1.51. The first kappa shape index (κ1) is 11.1. The fourth-order valence-electron chi connectivity index (χ4n) is 1.51. The summed E-state index contributed by atoms with van der Waals surface area (Å²) in [5.41, 5.74) is 1.01. The van der Waals surface area contributed by atoms with Crippen LogP contribution in [0.15, 0.2) is 34.7 Å². The standard InChI is InChI=1S/C12H14O.ClH/c1-2-3-7-11-9-10-6-4-5-8-12(10)13-11;/h4-6,8-9H,2-3,7H2,1H3;1H. The van der Waals surface area contributed by atoms with Crippen LogP contribution in [-0.2, 0) is 6.42 Å². The number of fused-ring (bicyclic) bond motifs is 1. The van der Waals surface area contributed by atoms with Crippen LogP contribution in [0.1, 0.15) is 25.5 Å². The minimum absolute atomic E-state index is 0. The molecule has 1 aromatic heterocycles. The molecule has 1 aromatic carbocycles. The Hall–Kier alpha value is -0.950. The van der Waals surface area contributed by atoms with E-state index in [0.29, 0.717) is 0 Å². The van der Waals surface area contributed by atoms with Crippen LogP contribution in [0, 0.1) is 0 Å². The van der Waals surface area contributed by atoms with Gasteiger partial charge in [-0.05, 0) is 18.6 Å². The highest BCUT2D eigenvalue weighted by Gasteiger charge is 2.01. The van der Waals surface area contributed by atoms with Crippen molar-refractivity contribution < 1.29 is 4.42 Å². The number of hydrogen-bond acceptors (Lipinski definition) is 1. The van der Waals surface area contributed by atoms with E-state index in [1.54, 1.807) is 0 Å². The highest BCUT2D eigenvalue weighted by Crippen LogP contribution is 2.19. The maximum atomic E-state index is 5.67. The smallest absolute Gasteiger partial charge is 0.134 e. The van der Waals surface area contributed by atoms with Crippen molar-refractivity contribution in [2.75, 3.05) is 0 Å². The summed E-state index contributed by atoms with van der Waals surface area (Å²) < 4.78 is 5.67. The van der Waals surface area contributed by atoms with Gasteiger partial charge in [0.1, 0.15) is 11.3 Å². The zero-order chi connectivity index (χ0) is 9.10. The number of aryl methyl sites for hydroxylation is 1. The van der Waals surface area contributed by atoms with Gasteiger partial charge in [-0.25, -0.2) is 0 Å². The lowest BCUT2D eigenvalue weighted by Crippen LogP contribution is -1.78. The van der Waals surface area contributed by atoms with E-state index in [0.717, 1.165) is 17.8 Å². The summed E-state index contributed by atoms with van der Waals surface area (Å²) in [5, 5.41) is 1.22. The molecule has 2 aromatic rings. The molecule has 0 bridgehead atoms. The Morgan fingerprint density at radius 3 is 2.71 bits per heavy atom. The van der Waals surface area contributed by atoms with Gasteiger partial charge in [0.2, 0.25) is 0 Å². The zero-order valence-corrected chi connectivity index (χ0v) is 9.14. The highest BCUT2D eigenvalue weighted by molar-refractivity contribution is 5.85. The highest BCUT2D eigenvalue weighted by atomic mass is 35.5. The van der Waals surface area contributed by atoms with Gasteiger partial charge in [0, 0.05) is 11.8 Å². The molecule has 76 valence electrons. The maximum Gasteiger partial charge on any atom is 0.134 e. The van der Waals surface area contributed by atoms with Crippen molar-refractivity contribution in [3.8, 4) is 0 Å². The van der Waals surface area contributed by atoms with E-state index in [1.165, 1.54) is 18.2 Å². The van der Waals surface area contributed by atoms with Crippen LogP contribution in [0.5, 0.6) is 0 Å². The summed E-state index contributed by atoms with van der Waals surface area (Å²) in [6.07, 6.45) is 3.49. The van der Waals surface area contributed by atoms with Crippen molar-refractivity contribution in [1.29, 1.82) is 0 Å². The third kappa shape index (κ3) is 2.30. The van der Waals surface area contributed by atoms with E-state index in [4.69, 9.17) is 4.42 Å². The number of hydrogen-bond donors (Lipinski definition) is 0. The quantitative estimate of drug-likeness (QED) is 0.740. The summed E-state index contributed by atoms with van der Waals surface area (Å²) in [6, 6.07) is 10.3. The van der Waals surface area contributed by atoms with E-state index >= 15 is 0 Å². The molecule has 1 nitrogen and oxygen atoms in total. The van der Waals surface area contributed by atoms with Crippen LogP contribution in [0.3, 0.4) is 0 Å². The van der Waals surface area contributed by atoms with E-state index < -0.39 is 0 Å². The summed E-state index contributed by atoms with van der Waals surface area (Å²) in [6.45, 7) is 2.20. The van der Waals surface area contributed by atoms with Crippen LogP contribution < -0.4 is 0 Å². The molecule has 0 saturated carbocycles. The van der Waals surface area contributed by atoms with E-state index in [9.17, 15) is 0 Å². The van der Waals surface area contributed by atoms with Gasteiger partial charge in [-0.15, -0.1) is 12.4 Å². The number of unbranched alkanes of at least 4 members (excludes halogenated alkanes) is 1. The molecule has 2 rings (SSSR count). The molecule has 0 amide bonds. The predicted octanol–water partition coefficient (Wildman–Crippen LogP) is 4.20. The largest absolute Gasteiger partial charge is 0.461 e. The number of para-hydroxylation sites is 1. The first-order valence-electron chi connectivity index (χ1n) is 4.87. The summed E-state index contributed by atoms with van der Waals surface area (Å²) in [7, 11) is 0. The maximum absolute atomic E-state index is 5.67. The van der Waals surface area contributed by atoms with Gasteiger partial charge in [-0.1, -0.05) is 31.5 Å². The first-order chi connectivity index (χ1) is 6.40. The van der Waals surface area contributed by atoms with E-state index in [2.05, 4.69) is 19.1 Å². The molecule has 0 fully saturated rings. The van der Waals surface area contributed by atoms with Crippen LogP contribution in [0.4, 0.5) is 0 Å². The summed E-state index contributed by atoms with van der Waals surface area (Å²) >= 11 is 0. The third-order valence-corrected chi connectivity index (χ3v) is 2.25. The van der Waals surface area contributed by atoms with Crippen LogP contribution >= 0.6 is 12.4 Å². The molecule has 0 saturated heterocycles. The normalized spacial score (nSPS) is 10.1. The van der Waals surface area contributed by atoms with Crippen molar-refractivity contribution in [3.05, 3.63) is 36.1 Å². The monoisotopic (exact) mass is 210 g/mol. The minimum Gasteiger partial charge on any atom is -0.461 e. The SMILES string of the molecule is CCCCc1cc2ccccc2o1.Cl. The third-order valence-electron chi connectivity index (χ3n) is 2.25. The first-order valence-corrected chi connectivity index (χ1v) is 4.87. The number of halogens is 1. The lowest BCUT2D eigenvalue weighted by molar-refractivity contribution is 0.536. The lowest BCUT2D eigenvalue weighted by Gasteiger charge is -1.90. The second kappa shape index (κ2) is 5.06. The van der Waals surface area contributed by atoms with E-state index in [-0.39, 0.29) is 12.4 Å². The Bertz CT molecular complexity index is 359. The van der Waals surface area contributed by atoms with Crippen LogP contribution in [0.2, 0.25) is 0 Å². The predicted molar refractivity (Wildman–Crippen MR) is 62.1 cm³/mol. The average molecular weight is 211 g/mol. The zero-order valence-electron chi connectivity index (χ0n) is 8.32. The Morgan fingerprint density at radius 2 is 2.00 bits per heavy atom. The summed E-state index contributed by atoms with van der Waals surface area (Å²) in [4.78, 5) is 0. The van der Waals surface area contributed by atoms with Gasteiger partial charge >= 0.3 is 0 Å². The van der Waals surface area contributed by atoms with E-state index in [1.807, 2.05) is 18.2 Å². The Labute approximate surface area is 90.5 Å². The van der Waals surface area contributed by atoms with Crippen molar-refractivity contribution in [2.45, 2.75) is 26.2 Å². The molecule has 14 heavy (non-hydrogen) atoms. The number of benzene rings is 1. The Balaban J connectivity index is 0.000000980. The molecule has 0 aliphatic heterocycles. The molecular formula is C12H15ClO. The lowest BCUT2D eigenvalue weighted by atomic mass is 10.2. The second-order valence-electron chi connectivity index (χ2n) is 3.35. The molecule has 0 aliphatic carbocycles. The molecule has 0 atom stereocenters. The molecule has 0 radical (unpaired) electrons. The van der Waals surface area contributed by atoms with Crippen LogP contribution in [0.25, 0.3) is 11.0 Å². The molecular weight excluding hydrogens is 196 g/mol. The average Bonchev–Trinajstić information content (AvgIpc) is 2.57. The van der Waals surface area contributed by atoms with Crippen molar-refractivity contribution in [3.63, 3.8) is 0 Å². The molecule has 1 heterocycles. The van der Waals surface area contributed by atoms with Gasteiger partial charge in [-0.2, -0.15) is 0 Å². The fraction of sp³-hybridized carbons (Fsp3) is 0.333. The van der Waals surface area contributed by atoms with Crippen molar-refractivity contribution in [2.24, 2.45) is 0 Å². The van der Waals surface area contributed by atoms with Gasteiger partial charge < -0.3 is 4.42 Å². The number of rotatable bonds is 3. The number of furan rings is 1. The van der Waals surface area contributed by atoms with Crippen molar-refractivity contribution >= 4 is 23.4 Å². The summed E-state index contributed by atoms with van der Waals surface area (Å²) in [5.74, 6) is 1.11. The molecule has 0 spiro atoms. The Morgan fingerprint density at radius 1 is 1.21 bits per heavy atom. The molecule has 0 aliphatic rings. The van der Waals surface area contributed by atoms with Crippen molar-refractivity contribution in [1.82, 2.24) is 0 Å². The van der Waals surface area contributed by atoms with Gasteiger partial charge in [0.05, 0.1) is 0 Å². The topological polar surface area (TPSA) is 13.1 Å². The van der Waals surface area contributed by atoms with Gasteiger partial charge in [-0.3, -0.25) is 0 Å². The van der Waals surface area contributed by atoms with Gasteiger partial charge in [0.25, 0.3) is 0 Å².